The van der Waals surface area contributed by atoms with Gasteiger partial charge in [-0.3, -0.25) is 4.52 Å². The summed E-state index contributed by atoms with van der Waals surface area (Å²) >= 11 is 0. The van der Waals surface area contributed by atoms with Crippen molar-refractivity contribution >= 4 is 29.1 Å². The van der Waals surface area contributed by atoms with Crippen LogP contribution in [0.3, 0.4) is 0 Å². The SMILES string of the molecule is C=Cc1ccc(OP2(OCCOCCOCCOC)=NP(OCCOCCOCCOC)(OCCOCCOCCOC)=NP(OCCOCCOCCOC)(OCCOCCOCCOC)=N2)cc1. The maximum Gasteiger partial charge on any atom is 0.402 e. The molecular weight excluding hydrogens is 987 g/mol. The van der Waals surface area contributed by atoms with E-state index in [0.29, 0.717) is 138 Å². The number of rotatable bonds is 53. The highest BCUT2D eigenvalue weighted by Crippen LogP contribution is 2.80. The minimum absolute atomic E-state index is 0.0222. The zero-order chi connectivity index (χ0) is 50.4. The van der Waals surface area contributed by atoms with E-state index < -0.39 is 23.0 Å². The Morgan fingerprint density at radius 1 is 0.314 bits per heavy atom. The Kier molecular flexibility index (Phi) is 41.7. The number of ether oxygens (including phenoxy) is 15. The fraction of sp³-hybridized carbons (Fsp3) is 0.814. The fourth-order valence-electron chi connectivity index (χ4n) is 5.08. The molecule has 0 saturated carbocycles. The Morgan fingerprint density at radius 3 is 0.786 bits per heavy atom. The molecule has 1 aliphatic rings. The molecule has 1 atom stereocenters. The van der Waals surface area contributed by atoms with Crippen molar-refractivity contribution in [2.75, 3.05) is 234 Å². The highest BCUT2D eigenvalue weighted by atomic mass is 31.3. The first-order chi connectivity index (χ1) is 34.4. The van der Waals surface area contributed by atoms with Crippen molar-refractivity contribution in [3.05, 3.63) is 36.4 Å². The van der Waals surface area contributed by atoms with Crippen LogP contribution in [-0.2, 0) is 93.7 Å². The number of hydrogen-bond donors (Lipinski definition) is 0. The van der Waals surface area contributed by atoms with Crippen molar-refractivity contribution < 1.29 is 98.2 Å². The van der Waals surface area contributed by atoms with E-state index in [0.717, 1.165) is 5.56 Å². The van der Waals surface area contributed by atoms with Crippen LogP contribution in [0.2, 0.25) is 0 Å². The average molecular weight is 1070 g/mol. The van der Waals surface area contributed by atoms with Crippen LogP contribution < -0.4 is 4.52 Å². The molecule has 0 amide bonds. The fourth-order valence-corrected chi connectivity index (χ4v) is 14.4. The second-order valence-corrected chi connectivity index (χ2v) is 20.4. The lowest BCUT2D eigenvalue weighted by molar-refractivity contribution is 0.0123. The Labute approximate surface area is 415 Å². The van der Waals surface area contributed by atoms with Crippen LogP contribution in [0, 0.1) is 0 Å². The largest absolute Gasteiger partial charge is 0.422 e. The Morgan fingerprint density at radius 2 is 0.529 bits per heavy atom. The summed E-state index contributed by atoms with van der Waals surface area (Å²) in [7, 11) is -3.68. The van der Waals surface area contributed by atoms with Crippen LogP contribution >= 0.6 is 23.0 Å². The zero-order valence-electron chi connectivity index (χ0n) is 42.1. The minimum Gasteiger partial charge on any atom is -0.422 e. The van der Waals surface area contributed by atoms with Gasteiger partial charge in [-0.15, -0.1) is 13.5 Å². The Bertz CT molecular complexity index is 1460. The molecule has 0 bridgehead atoms. The standard InChI is InChI=1S/C43H82N3O21P3/c1-7-42-8-10-43(11-9-42)67-70(66-41-36-61-31-26-56-21-16-51-6)45-68(62-37-32-57-27-22-52-17-12-47-2,63-38-33-58-28-23-53-18-13-48-3)44-69(46-70,64-39-34-59-29-24-54-19-14-49-4)65-40-35-60-30-25-55-20-15-50-5/h7-11H,1,12-41H2,2-6H3. The topological polar surface area (TPSA) is 231 Å². The van der Waals surface area contributed by atoms with E-state index in [1.54, 1.807) is 53.8 Å². The van der Waals surface area contributed by atoms with Crippen LogP contribution in [0.4, 0.5) is 0 Å². The van der Waals surface area contributed by atoms with E-state index in [4.69, 9.17) is 112 Å². The summed E-state index contributed by atoms with van der Waals surface area (Å²) in [6.45, 7) is 12.1. The summed E-state index contributed by atoms with van der Waals surface area (Å²) in [5, 5.41) is 0. The lowest BCUT2D eigenvalue weighted by atomic mass is 10.2. The van der Waals surface area contributed by atoms with Crippen molar-refractivity contribution in [2.24, 2.45) is 13.5 Å². The third kappa shape index (κ3) is 32.8. The van der Waals surface area contributed by atoms with Gasteiger partial charge in [0.25, 0.3) is 0 Å². The van der Waals surface area contributed by atoms with E-state index >= 15 is 0 Å². The molecule has 1 aliphatic heterocycles. The van der Waals surface area contributed by atoms with Crippen molar-refractivity contribution in [3.63, 3.8) is 0 Å². The van der Waals surface area contributed by atoms with Gasteiger partial charge >= 0.3 is 23.0 Å². The molecule has 1 unspecified atom stereocenters. The zero-order valence-corrected chi connectivity index (χ0v) is 44.7. The molecule has 1 aromatic carbocycles. The van der Waals surface area contributed by atoms with Crippen LogP contribution in [0.15, 0.2) is 44.4 Å². The molecule has 1 heterocycles. The molecule has 24 nitrogen and oxygen atoms in total. The van der Waals surface area contributed by atoms with Gasteiger partial charge in [0.05, 0.1) is 198 Å². The maximum absolute atomic E-state index is 6.76. The van der Waals surface area contributed by atoms with Crippen LogP contribution in [0.5, 0.6) is 5.75 Å². The molecule has 0 saturated heterocycles. The molecule has 0 radical (unpaired) electrons. The normalized spacial score (nSPS) is 16.2. The number of benzene rings is 1. The molecule has 0 fully saturated rings. The lowest BCUT2D eigenvalue weighted by Gasteiger charge is -2.33. The summed E-state index contributed by atoms with van der Waals surface area (Å²) in [6, 6.07) is 7.19. The quantitative estimate of drug-likeness (QED) is 0.0534. The van der Waals surface area contributed by atoms with Gasteiger partial charge in [0.2, 0.25) is 0 Å². The summed E-state index contributed by atoms with van der Waals surface area (Å²) in [5.74, 6) is 0.374. The smallest absolute Gasteiger partial charge is 0.402 e. The molecule has 70 heavy (non-hydrogen) atoms. The predicted octanol–water partition coefficient (Wildman–Crippen LogP) is 6.04. The molecule has 410 valence electrons. The lowest BCUT2D eigenvalue weighted by Crippen LogP contribution is -2.15. The third-order valence-corrected chi connectivity index (χ3v) is 16.9. The minimum atomic E-state index is -3.95. The van der Waals surface area contributed by atoms with Gasteiger partial charge < -0.3 is 93.7 Å². The first kappa shape index (κ1) is 64.8. The number of hydrogen-bond acceptors (Lipinski definition) is 24. The van der Waals surface area contributed by atoms with Gasteiger partial charge in [0.1, 0.15) is 5.75 Å². The van der Waals surface area contributed by atoms with Crippen molar-refractivity contribution in [3.8, 4) is 5.75 Å². The van der Waals surface area contributed by atoms with Crippen LogP contribution in [0.25, 0.3) is 6.08 Å². The highest BCUT2D eigenvalue weighted by molar-refractivity contribution is 7.78. The van der Waals surface area contributed by atoms with E-state index in [9.17, 15) is 0 Å². The van der Waals surface area contributed by atoms with Crippen molar-refractivity contribution in [1.29, 1.82) is 0 Å². The second-order valence-electron chi connectivity index (χ2n) is 13.9. The van der Waals surface area contributed by atoms with E-state index in [-0.39, 0.29) is 66.1 Å². The van der Waals surface area contributed by atoms with Gasteiger partial charge in [0.15, 0.2) is 0 Å². The maximum atomic E-state index is 6.76. The summed E-state index contributed by atoms with van der Waals surface area (Å²) in [6.07, 6.45) is 1.72. The van der Waals surface area contributed by atoms with Gasteiger partial charge in [0, 0.05) is 35.5 Å². The Balaban J connectivity index is 2.64. The van der Waals surface area contributed by atoms with Crippen LogP contribution in [0.1, 0.15) is 5.56 Å². The first-order valence-electron chi connectivity index (χ1n) is 23.2. The van der Waals surface area contributed by atoms with E-state index in [2.05, 4.69) is 6.58 Å². The van der Waals surface area contributed by atoms with E-state index in [1.807, 2.05) is 12.1 Å². The average Bonchev–Trinajstić information content (AvgIpc) is 3.36. The molecule has 0 aromatic heterocycles. The van der Waals surface area contributed by atoms with E-state index in [1.165, 1.54) is 0 Å². The second kappa shape index (κ2) is 45.1. The molecule has 0 spiro atoms. The molecule has 27 heteroatoms. The molecule has 0 aliphatic carbocycles. The molecule has 2 rings (SSSR count). The summed E-state index contributed by atoms with van der Waals surface area (Å²) in [5.41, 5.74) is 0.859. The molecule has 1 aromatic rings. The van der Waals surface area contributed by atoms with Crippen molar-refractivity contribution in [1.82, 2.24) is 0 Å². The van der Waals surface area contributed by atoms with Gasteiger partial charge in [-0.1, -0.05) is 24.8 Å². The predicted molar refractivity (Wildman–Crippen MR) is 263 cm³/mol. The first-order valence-corrected chi connectivity index (χ1v) is 27.8. The molecule has 0 N–H and O–H groups in total. The summed E-state index contributed by atoms with van der Waals surface area (Å²) < 4.78 is 138. The Hall–Kier alpha value is -1.35. The highest BCUT2D eigenvalue weighted by Gasteiger charge is 2.44. The van der Waals surface area contributed by atoms with Crippen molar-refractivity contribution in [2.45, 2.75) is 0 Å². The summed E-state index contributed by atoms with van der Waals surface area (Å²) in [4.78, 5) is 0. The monoisotopic (exact) mass is 1070 g/mol. The number of nitrogens with zero attached hydrogens (tertiary/aromatic N) is 3. The third-order valence-electron chi connectivity index (χ3n) is 8.47. The molecular formula is C43H82N3O21P3. The van der Waals surface area contributed by atoms with Gasteiger partial charge in [-0.05, 0) is 17.7 Å². The number of methoxy groups -OCH3 is 5. The van der Waals surface area contributed by atoms with Gasteiger partial charge in [-0.25, -0.2) is 0 Å². The van der Waals surface area contributed by atoms with Crippen LogP contribution in [-0.4, -0.2) is 234 Å². The van der Waals surface area contributed by atoms with Gasteiger partial charge in [-0.2, -0.15) is 0 Å².